The van der Waals surface area contributed by atoms with Gasteiger partial charge in [0.05, 0.1) is 0 Å². The number of furan rings is 1. The summed E-state index contributed by atoms with van der Waals surface area (Å²) in [6.07, 6.45) is 2.77. The van der Waals surface area contributed by atoms with Crippen LogP contribution in [0.15, 0.2) is 16.5 Å². The normalized spacial score (nSPS) is 16.6. The first-order valence-electron chi connectivity index (χ1n) is 6.23. The molecule has 2 rings (SSSR count). The molecule has 18 heavy (non-hydrogen) atoms. The van der Waals surface area contributed by atoms with Crippen molar-refractivity contribution < 1.29 is 14.0 Å². The van der Waals surface area contributed by atoms with E-state index in [0.717, 1.165) is 38.4 Å². The van der Waals surface area contributed by atoms with Crippen molar-refractivity contribution in [3.05, 3.63) is 17.9 Å². The third-order valence-electron chi connectivity index (χ3n) is 3.29. The second-order valence-corrected chi connectivity index (χ2v) is 4.66. The Morgan fingerprint density at radius 1 is 1.50 bits per heavy atom. The zero-order valence-electron chi connectivity index (χ0n) is 10.5. The minimum absolute atomic E-state index is 0.0269. The van der Waals surface area contributed by atoms with Gasteiger partial charge in [-0.25, -0.2) is 0 Å². The number of carbonyl (C=O) groups is 2. The van der Waals surface area contributed by atoms with Crippen LogP contribution in [-0.2, 0) is 4.79 Å². The molecular weight excluding hydrogens is 232 g/mol. The Kier molecular flexibility index (Phi) is 4.02. The maximum atomic E-state index is 10.8. The van der Waals surface area contributed by atoms with Gasteiger partial charge in [-0.2, -0.15) is 0 Å². The minimum Gasteiger partial charge on any atom is -0.438 e. The van der Waals surface area contributed by atoms with E-state index in [1.807, 2.05) is 6.07 Å². The van der Waals surface area contributed by atoms with E-state index in [1.165, 1.54) is 0 Å². The zero-order chi connectivity index (χ0) is 13.0. The average Bonchev–Trinajstić information content (AvgIpc) is 2.85. The number of hydrogen-bond acceptors (Lipinski definition) is 4. The van der Waals surface area contributed by atoms with Crippen molar-refractivity contribution in [2.24, 2.45) is 5.92 Å². The van der Waals surface area contributed by atoms with E-state index in [-0.39, 0.29) is 5.91 Å². The number of nitrogens with zero attached hydrogens (tertiary/aromatic N) is 1. The van der Waals surface area contributed by atoms with Gasteiger partial charge in [0.2, 0.25) is 5.91 Å². The van der Waals surface area contributed by atoms with Crippen LogP contribution in [0.25, 0.3) is 0 Å². The van der Waals surface area contributed by atoms with Crippen molar-refractivity contribution in [1.82, 2.24) is 5.32 Å². The van der Waals surface area contributed by atoms with Crippen LogP contribution in [-0.4, -0.2) is 31.8 Å². The maximum Gasteiger partial charge on any atom is 0.216 e. The molecule has 0 saturated carbocycles. The molecule has 1 fully saturated rings. The Morgan fingerprint density at radius 3 is 2.78 bits per heavy atom. The summed E-state index contributed by atoms with van der Waals surface area (Å²) in [4.78, 5) is 23.5. The van der Waals surface area contributed by atoms with Gasteiger partial charge in [0, 0.05) is 32.6 Å². The quantitative estimate of drug-likeness (QED) is 0.821. The van der Waals surface area contributed by atoms with Crippen LogP contribution in [0.4, 0.5) is 5.88 Å². The number of amides is 1. The standard InChI is InChI=1S/C13H18N2O3/c1-10(17)14-8-11-4-6-15(7-5-11)13-3-2-12(9-16)18-13/h2-3,9,11H,4-8H2,1H3,(H,14,17). The largest absolute Gasteiger partial charge is 0.438 e. The maximum absolute atomic E-state index is 10.8. The summed E-state index contributed by atoms with van der Waals surface area (Å²) in [5.74, 6) is 1.69. The Hall–Kier alpha value is -1.78. The smallest absolute Gasteiger partial charge is 0.216 e. The lowest BCUT2D eigenvalue weighted by Crippen LogP contribution is -2.38. The molecule has 0 atom stereocenters. The molecule has 0 aliphatic carbocycles. The number of anilines is 1. The molecule has 1 N–H and O–H groups in total. The van der Waals surface area contributed by atoms with Crippen molar-refractivity contribution in [3.8, 4) is 0 Å². The van der Waals surface area contributed by atoms with Gasteiger partial charge in [0.25, 0.3) is 0 Å². The highest BCUT2D eigenvalue weighted by Gasteiger charge is 2.21. The average molecular weight is 250 g/mol. The summed E-state index contributed by atoms with van der Waals surface area (Å²) in [6.45, 7) is 4.09. The van der Waals surface area contributed by atoms with Crippen molar-refractivity contribution in [2.75, 3.05) is 24.5 Å². The zero-order valence-corrected chi connectivity index (χ0v) is 10.5. The van der Waals surface area contributed by atoms with E-state index < -0.39 is 0 Å². The minimum atomic E-state index is 0.0269. The molecule has 0 spiro atoms. The molecule has 98 valence electrons. The predicted molar refractivity (Wildman–Crippen MR) is 67.7 cm³/mol. The second kappa shape index (κ2) is 5.71. The fourth-order valence-corrected chi connectivity index (χ4v) is 2.22. The highest BCUT2D eigenvalue weighted by Crippen LogP contribution is 2.24. The van der Waals surface area contributed by atoms with Crippen LogP contribution in [0.2, 0.25) is 0 Å². The summed E-state index contributed by atoms with van der Waals surface area (Å²) in [5.41, 5.74) is 0. The lowest BCUT2D eigenvalue weighted by Gasteiger charge is -2.31. The molecule has 5 nitrogen and oxygen atoms in total. The van der Waals surface area contributed by atoms with Gasteiger partial charge in [-0.05, 0) is 24.8 Å². The molecule has 1 aliphatic rings. The number of aldehydes is 1. The summed E-state index contributed by atoms with van der Waals surface area (Å²) in [6, 6.07) is 3.52. The molecule has 2 heterocycles. The van der Waals surface area contributed by atoms with Crippen LogP contribution in [0.5, 0.6) is 0 Å². The molecular formula is C13H18N2O3. The molecule has 0 bridgehead atoms. The molecule has 1 aromatic heterocycles. The molecule has 1 amide bonds. The lowest BCUT2D eigenvalue weighted by molar-refractivity contribution is -0.119. The van der Waals surface area contributed by atoms with Gasteiger partial charge < -0.3 is 14.6 Å². The van der Waals surface area contributed by atoms with Gasteiger partial charge in [0.15, 0.2) is 17.9 Å². The molecule has 5 heteroatoms. The van der Waals surface area contributed by atoms with Crippen molar-refractivity contribution in [3.63, 3.8) is 0 Å². The van der Waals surface area contributed by atoms with Crippen LogP contribution >= 0.6 is 0 Å². The molecule has 0 radical (unpaired) electrons. The monoisotopic (exact) mass is 250 g/mol. The number of piperidine rings is 1. The number of carbonyl (C=O) groups excluding carboxylic acids is 2. The fraction of sp³-hybridized carbons (Fsp3) is 0.538. The van der Waals surface area contributed by atoms with E-state index in [9.17, 15) is 9.59 Å². The Morgan fingerprint density at radius 2 is 2.22 bits per heavy atom. The van der Waals surface area contributed by atoms with E-state index in [1.54, 1.807) is 13.0 Å². The van der Waals surface area contributed by atoms with Crippen LogP contribution < -0.4 is 10.2 Å². The molecule has 1 aliphatic heterocycles. The van der Waals surface area contributed by atoms with Crippen LogP contribution in [0.1, 0.15) is 30.3 Å². The third kappa shape index (κ3) is 3.12. The van der Waals surface area contributed by atoms with Gasteiger partial charge >= 0.3 is 0 Å². The highest BCUT2D eigenvalue weighted by atomic mass is 16.4. The summed E-state index contributed by atoms with van der Waals surface area (Å²) in [7, 11) is 0. The Bertz CT molecular complexity index is 420. The molecule has 0 aromatic carbocycles. The van der Waals surface area contributed by atoms with Gasteiger partial charge in [-0.15, -0.1) is 0 Å². The predicted octanol–water partition coefficient (Wildman–Crippen LogP) is 1.44. The van der Waals surface area contributed by atoms with E-state index >= 15 is 0 Å². The summed E-state index contributed by atoms with van der Waals surface area (Å²) < 4.78 is 5.39. The van der Waals surface area contributed by atoms with Gasteiger partial charge in [0.1, 0.15) is 0 Å². The van der Waals surface area contributed by atoms with Crippen LogP contribution in [0, 0.1) is 5.92 Å². The summed E-state index contributed by atoms with van der Waals surface area (Å²) in [5, 5.41) is 2.86. The summed E-state index contributed by atoms with van der Waals surface area (Å²) >= 11 is 0. The lowest BCUT2D eigenvalue weighted by atomic mass is 9.97. The van der Waals surface area contributed by atoms with Crippen LogP contribution in [0.3, 0.4) is 0 Å². The number of nitrogens with one attached hydrogen (secondary N) is 1. The first kappa shape index (κ1) is 12.7. The number of hydrogen-bond donors (Lipinski definition) is 1. The first-order valence-corrected chi connectivity index (χ1v) is 6.23. The highest BCUT2D eigenvalue weighted by molar-refractivity contribution is 5.72. The third-order valence-corrected chi connectivity index (χ3v) is 3.29. The first-order chi connectivity index (χ1) is 8.69. The van der Waals surface area contributed by atoms with E-state index in [4.69, 9.17) is 4.42 Å². The van der Waals surface area contributed by atoms with E-state index in [0.29, 0.717) is 18.0 Å². The molecule has 0 unspecified atom stereocenters. The molecule has 1 saturated heterocycles. The SMILES string of the molecule is CC(=O)NCC1CCN(c2ccc(C=O)o2)CC1. The topological polar surface area (TPSA) is 62.6 Å². The Balaban J connectivity index is 1.82. The Labute approximate surface area is 106 Å². The van der Waals surface area contributed by atoms with Gasteiger partial charge in [-0.3, -0.25) is 9.59 Å². The number of rotatable bonds is 4. The molecule has 1 aromatic rings. The van der Waals surface area contributed by atoms with Gasteiger partial charge in [-0.1, -0.05) is 0 Å². The fourth-order valence-electron chi connectivity index (χ4n) is 2.22. The van der Waals surface area contributed by atoms with Crippen molar-refractivity contribution >= 4 is 18.1 Å². The second-order valence-electron chi connectivity index (χ2n) is 4.66. The van der Waals surface area contributed by atoms with Crippen molar-refractivity contribution in [2.45, 2.75) is 19.8 Å². The van der Waals surface area contributed by atoms with E-state index in [2.05, 4.69) is 10.2 Å². The van der Waals surface area contributed by atoms with Crippen molar-refractivity contribution in [1.29, 1.82) is 0 Å².